The van der Waals surface area contributed by atoms with Gasteiger partial charge in [0.25, 0.3) is 0 Å². The third-order valence-electron chi connectivity index (χ3n) is 11.1. The fourth-order valence-corrected chi connectivity index (χ4v) is 9.04. The second-order valence-electron chi connectivity index (χ2n) is 12.5. The van der Waals surface area contributed by atoms with Gasteiger partial charge in [0.15, 0.2) is 0 Å². The molecule has 0 saturated heterocycles. The summed E-state index contributed by atoms with van der Waals surface area (Å²) in [4.78, 5) is 0. The maximum Gasteiger partial charge on any atom is 0.0563 e. The number of aliphatic hydroxyl groups is 1. The molecular weight excluding hydrogens is 364 g/mol. The Hall–Kier alpha value is -0.300. The van der Waals surface area contributed by atoms with E-state index >= 15 is 0 Å². The Balaban J connectivity index is 1.45. The van der Waals surface area contributed by atoms with Gasteiger partial charge in [-0.1, -0.05) is 71.4 Å². The quantitative estimate of drug-likeness (QED) is 0.415. The van der Waals surface area contributed by atoms with Crippen LogP contribution in [0, 0.1) is 40.4 Å². The van der Waals surface area contributed by atoms with E-state index < -0.39 is 0 Å². The monoisotopic (exact) mass is 414 g/mol. The van der Waals surface area contributed by atoms with Crippen LogP contribution in [0.3, 0.4) is 0 Å². The van der Waals surface area contributed by atoms with Crippen molar-refractivity contribution in [1.29, 1.82) is 0 Å². The summed E-state index contributed by atoms with van der Waals surface area (Å²) in [6.07, 6.45) is 19.3. The number of fused-ring (bicyclic) bond motifs is 4. The molecule has 4 rings (SSSR count). The molecule has 172 valence electrons. The van der Waals surface area contributed by atoms with Gasteiger partial charge in [0.05, 0.1) is 6.10 Å². The van der Waals surface area contributed by atoms with Gasteiger partial charge in [-0.3, -0.25) is 0 Å². The molecule has 0 spiro atoms. The summed E-state index contributed by atoms with van der Waals surface area (Å²) in [6.45, 7) is 12.2. The van der Waals surface area contributed by atoms with E-state index in [9.17, 15) is 5.11 Å². The molecule has 1 heteroatoms. The van der Waals surface area contributed by atoms with E-state index in [4.69, 9.17) is 0 Å². The van der Waals surface area contributed by atoms with E-state index in [0.717, 1.165) is 30.1 Å². The van der Waals surface area contributed by atoms with Crippen LogP contribution in [-0.4, -0.2) is 11.2 Å². The van der Waals surface area contributed by atoms with Crippen molar-refractivity contribution in [3.63, 3.8) is 0 Å². The highest BCUT2D eigenvalue weighted by molar-refractivity contribution is 5.34. The minimum Gasteiger partial charge on any atom is -0.393 e. The van der Waals surface area contributed by atoms with Gasteiger partial charge in [-0.25, -0.2) is 0 Å². The van der Waals surface area contributed by atoms with Crippen molar-refractivity contribution < 1.29 is 5.11 Å². The van der Waals surface area contributed by atoms with E-state index in [1.165, 1.54) is 83.5 Å². The van der Waals surface area contributed by atoms with Gasteiger partial charge in [0, 0.05) is 0 Å². The summed E-state index contributed by atoms with van der Waals surface area (Å²) in [5.74, 6) is 4.12. The zero-order valence-electron chi connectivity index (χ0n) is 20.8. The number of allylic oxidation sites excluding steroid dienone is 2. The molecule has 1 nitrogen and oxygen atoms in total. The van der Waals surface area contributed by atoms with Gasteiger partial charge in [0.1, 0.15) is 0 Å². The highest BCUT2D eigenvalue weighted by Crippen LogP contribution is 2.65. The molecule has 3 saturated carbocycles. The minimum absolute atomic E-state index is 0.104. The topological polar surface area (TPSA) is 20.2 Å². The zero-order valence-corrected chi connectivity index (χ0v) is 20.8. The van der Waals surface area contributed by atoms with Crippen molar-refractivity contribution in [2.75, 3.05) is 0 Å². The Morgan fingerprint density at radius 2 is 1.77 bits per heavy atom. The molecular formula is C29H50O. The Morgan fingerprint density at radius 1 is 0.967 bits per heavy atom. The second-order valence-corrected chi connectivity index (χ2v) is 12.5. The summed E-state index contributed by atoms with van der Waals surface area (Å²) < 4.78 is 0. The molecule has 0 aromatic carbocycles. The van der Waals surface area contributed by atoms with Gasteiger partial charge < -0.3 is 5.11 Å². The van der Waals surface area contributed by atoms with Crippen LogP contribution < -0.4 is 0 Å². The standard InChI is InChI=1S/C29H50O/c1-6-27(30)21(3)11-9-10-20(2)24-15-16-25-23-14-13-22-12-7-8-18-28(22,4)26(23)17-19-29(24,25)5/h20-22,24,26-27,30H,6-19H2,1-5H3/t20-,21?,22?,24-,26+,27?,28+,29-/m1/s1. The Labute approximate surface area is 187 Å². The molecule has 0 aromatic heterocycles. The normalized spacial score (nSPS) is 41.6. The van der Waals surface area contributed by atoms with Crippen LogP contribution in [0.1, 0.15) is 125 Å². The zero-order chi connectivity index (χ0) is 21.5. The summed E-state index contributed by atoms with van der Waals surface area (Å²) >= 11 is 0. The predicted molar refractivity (Wildman–Crippen MR) is 128 cm³/mol. The van der Waals surface area contributed by atoms with E-state index in [1.54, 1.807) is 0 Å². The van der Waals surface area contributed by atoms with Crippen LogP contribution in [0.4, 0.5) is 0 Å². The third kappa shape index (κ3) is 3.84. The smallest absolute Gasteiger partial charge is 0.0563 e. The number of hydrogen-bond acceptors (Lipinski definition) is 1. The van der Waals surface area contributed by atoms with E-state index in [2.05, 4.69) is 34.6 Å². The van der Waals surface area contributed by atoms with Crippen molar-refractivity contribution >= 4 is 0 Å². The van der Waals surface area contributed by atoms with Crippen molar-refractivity contribution in [2.45, 2.75) is 131 Å². The van der Waals surface area contributed by atoms with Crippen LogP contribution in [-0.2, 0) is 0 Å². The van der Waals surface area contributed by atoms with E-state index in [-0.39, 0.29) is 6.10 Å². The molecule has 4 aliphatic carbocycles. The van der Waals surface area contributed by atoms with E-state index in [1.807, 2.05) is 11.1 Å². The van der Waals surface area contributed by atoms with Gasteiger partial charge in [-0.15, -0.1) is 0 Å². The number of aliphatic hydroxyl groups excluding tert-OH is 1. The molecule has 30 heavy (non-hydrogen) atoms. The first-order chi connectivity index (χ1) is 14.3. The maximum atomic E-state index is 10.1. The highest BCUT2D eigenvalue weighted by Gasteiger charge is 2.54. The first-order valence-corrected chi connectivity index (χ1v) is 13.7. The lowest BCUT2D eigenvalue weighted by Crippen LogP contribution is -2.46. The van der Waals surface area contributed by atoms with E-state index in [0.29, 0.717) is 16.7 Å². The predicted octanol–water partition coefficient (Wildman–Crippen LogP) is 8.31. The molecule has 0 aliphatic heterocycles. The van der Waals surface area contributed by atoms with Crippen LogP contribution >= 0.6 is 0 Å². The van der Waals surface area contributed by atoms with Gasteiger partial charge in [-0.2, -0.15) is 0 Å². The summed E-state index contributed by atoms with van der Waals surface area (Å²) in [6, 6.07) is 0. The molecule has 0 bridgehead atoms. The second kappa shape index (κ2) is 8.92. The van der Waals surface area contributed by atoms with Crippen molar-refractivity contribution in [1.82, 2.24) is 0 Å². The van der Waals surface area contributed by atoms with Crippen molar-refractivity contribution in [3.8, 4) is 0 Å². The Bertz CT molecular complexity index is 634. The van der Waals surface area contributed by atoms with Crippen molar-refractivity contribution in [3.05, 3.63) is 11.1 Å². The maximum absolute atomic E-state index is 10.1. The van der Waals surface area contributed by atoms with Crippen molar-refractivity contribution in [2.24, 2.45) is 40.4 Å². The summed E-state index contributed by atoms with van der Waals surface area (Å²) in [7, 11) is 0. The molecule has 0 heterocycles. The lowest BCUT2D eigenvalue weighted by molar-refractivity contribution is 0.00925. The lowest BCUT2D eigenvalue weighted by atomic mass is 9.49. The Morgan fingerprint density at radius 3 is 2.53 bits per heavy atom. The molecule has 0 radical (unpaired) electrons. The number of hydrogen-bond donors (Lipinski definition) is 1. The SMILES string of the molecule is CCC(O)C(C)CCC[C@@H](C)[C@H]1CCC2=C3CCC4CCCC[C@]4(C)[C@H]3CC[C@@]21C. The summed E-state index contributed by atoms with van der Waals surface area (Å²) in [5.41, 5.74) is 5.05. The van der Waals surface area contributed by atoms with Crippen LogP contribution in [0.15, 0.2) is 11.1 Å². The third-order valence-corrected chi connectivity index (χ3v) is 11.1. The molecule has 1 N–H and O–H groups in total. The van der Waals surface area contributed by atoms with Gasteiger partial charge in [0.2, 0.25) is 0 Å². The lowest BCUT2D eigenvalue weighted by Gasteiger charge is -2.56. The fraction of sp³-hybridized carbons (Fsp3) is 0.931. The average molecular weight is 415 g/mol. The molecule has 0 aromatic rings. The minimum atomic E-state index is -0.104. The van der Waals surface area contributed by atoms with Crippen LogP contribution in [0.25, 0.3) is 0 Å². The Kier molecular flexibility index (Phi) is 6.80. The average Bonchev–Trinajstić information content (AvgIpc) is 3.09. The molecule has 3 unspecified atom stereocenters. The molecule has 3 fully saturated rings. The first kappa shape index (κ1) is 22.9. The van der Waals surface area contributed by atoms with Crippen LogP contribution in [0.2, 0.25) is 0 Å². The van der Waals surface area contributed by atoms with Gasteiger partial charge in [-0.05, 0) is 105 Å². The largest absolute Gasteiger partial charge is 0.393 e. The van der Waals surface area contributed by atoms with Gasteiger partial charge >= 0.3 is 0 Å². The first-order valence-electron chi connectivity index (χ1n) is 13.7. The molecule has 0 amide bonds. The fourth-order valence-electron chi connectivity index (χ4n) is 9.04. The number of rotatable bonds is 7. The summed E-state index contributed by atoms with van der Waals surface area (Å²) in [5, 5.41) is 10.1. The highest BCUT2D eigenvalue weighted by atomic mass is 16.3. The molecule has 4 aliphatic rings. The van der Waals surface area contributed by atoms with Crippen LogP contribution in [0.5, 0.6) is 0 Å². The molecule has 8 atom stereocenters.